The molecule has 3 rings (SSSR count). The molecule has 2 heterocycles. The molecule has 2 aromatic rings. The molecule has 5 N–H and O–H groups in total. The second kappa shape index (κ2) is 21.9. The lowest BCUT2D eigenvalue weighted by atomic mass is 9.89. The van der Waals surface area contributed by atoms with Gasteiger partial charge >= 0.3 is 0 Å². The lowest BCUT2D eigenvalue weighted by Crippen LogP contribution is -2.61. The highest BCUT2D eigenvalue weighted by molar-refractivity contribution is 5.92. The highest BCUT2D eigenvalue weighted by Crippen LogP contribution is 2.30. The van der Waals surface area contributed by atoms with Gasteiger partial charge in [-0.25, -0.2) is 0 Å². The van der Waals surface area contributed by atoms with Crippen LogP contribution in [0.5, 0.6) is 0 Å². The highest BCUT2D eigenvalue weighted by Gasteiger charge is 2.43. The number of amides is 5. The molecule has 1 aromatic carbocycles. The van der Waals surface area contributed by atoms with E-state index in [4.69, 9.17) is 9.47 Å². The Hall–Kier alpha value is -4.41. The first-order valence-electron chi connectivity index (χ1n) is 20.1. The van der Waals surface area contributed by atoms with E-state index < -0.39 is 47.8 Å². The Balaban J connectivity index is 1.78. The van der Waals surface area contributed by atoms with Gasteiger partial charge in [0.1, 0.15) is 17.8 Å². The first-order chi connectivity index (χ1) is 27.0. The fourth-order valence-electron chi connectivity index (χ4n) is 7.45. The van der Waals surface area contributed by atoms with Crippen molar-refractivity contribution in [3.63, 3.8) is 0 Å². The number of aromatic nitrogens is 3. The smallest absolute Gasteiger partial charge is 0.245 e. The Kier molecular flexibility index (Phi) is 18.1. The largest absolute Gasteiger partial charge is 0.379 e. The predicted octanol–water partition coefficient (Wildman–Crippen LogP) is 2.21. The van der Waals surface area contributed by atoms with Crippen LogP contribution < -0.4 is 21.3 Å². The van der Waals surface area contributed by atoms with Crippen LogP contribution in [0.4, 0.5) is 0 Å². The fraction of sp³-hybridized carbons (Fsp3) is 0.683. The average Bonchev–Trinajstić information content (AvgIpc) is 3.91. The number of carbonyl (C=O) groups excluding carboxylic acids is 5. The Morgan fingerprint density at radius 2 is 1.70 bits per heavy atom. The minimum atomic E-state index is -0.883. The van der Waals surface area contributed by atoms with Gasteiger partial charge in [0.05, 0.1) is 54.9 Å². The average molecular weight is 798 g/mol. The molecule has 0 bridgehead atoms. The van der Waals surface area contributed by atoms with Crippen LogP contribution in [0, 0.1) is 17.8 Å². The zero-order valence-corrected chi connectivity index (χ0v) is 35.8. The highest BCUT2D eigenvalue weighted by atomic mass is 16.5. The number of likely N-dealkylation sites (tertiary alicyclic amines) is 1. The van der Waals surface area contributed by atoms with Gasteiger partial charge in [-0.05, 0) is 51.1 Å². The van der Waals surface area contributed by atoms with E-state index in [1.807, 2.05) is 58.0 Å². The summed E-state index contributed by atoms with van der Waals surface area (Å²) in [6, 6.07) is 6.86. The summed E-state index contributed by atoms with van der Waals surface area (Å²) in [7, 11) is 6.47. The number of ether oxygens (including phenoxy) is 2. The van der Waals surface area contributed by atoms with E-state index in [-0.39, 0.29) is 60.8 Å². The topological polar surface area (TPSA) is 200 Å². The zero-order valence-electron chi connectivity index (χ0n) is 35.8. The molecule has 0 saturated carbocycles. The van der Waals surface area contributed by atoms with Crippen molar-refractivity contribution in [3.05, 3.63) is 47.8 Å². The van der Waals surface area contributed by atoms with Crippen molar-refractivity contribution in [1.29, 1.82) is 0 Å². The van der Waals surface area contributed by atoms with Crippen molar-refractivity contribution >= 4 is 29.5 Å². The van der Waals surface area contributed by atoms with Crippen molar-refractivity contribution in [2.24, 2.45) is 17.8 Å². The maximum Gasteiger partial charge on any atom is 0.245 e. The standard InChI is InChI=1S/C41H67N9O7/c1-12-26(4)35(49(9)39(54)34(25(2)3)46-40(55)41(6,7)42-8)32(56-10)22-33(51)50-20-16-19-31(50)36(57-11)27(5)37(52)45-30(21-28-17-14-13-15-18-28)38(53)43-23-29-24-44-48-47-29/h13-15,17-18,24-27,30-32,34-36,42H,12,16,19-23H2,1-11H3,(H,43,53)(H,45,52)(H,46,55)(H,44,47,48)/t26-,27+,30-,31-,32+,34-,35-,36+/m0/s1. The number of carbonyl (C=O) groups is 5. The minimum Gasteiger partial charge on any atom is -0.379 e. The van der Waals surface area contributed by atoms with Crippen LogP contribution in [0.1, 0.15) is 85.4 Å². The fourth-order valence-corrected chi connectivity index (χ4v) is 7.45. The SMILES string of the molecule is CC[C@H](C)[C@@H]([C@@H](CC(=O)N1CCC[C@H]1[C@H](OC)[C@@H](C)C(=O)N[C@@H](Cc1ccccc1)C(=O)NCc1cn[nH]n1)OC)N(C)C(=O)[C@@H](NC(=O)C(C)(C)NC)C(C)C. The molecule has 16 nitrogen and oxygen atoms in total. The minimum absolute atomic E-state index is 0.00697. The van der Waals surface area contributed by atoms with Gasteiger partial charge in [-0.1, -0.05) is 71.4 Å². The summed E-state index contributed by atoms with van der Waals surface area (Å²) in [4.78, 5) is 72.3. The molecule has 0 radical (unpaired) electrons. The number of hydrogen-bond donors (Lipinski definition) is 5. The molecule has 0 unspecified atom stereocenters. The van der Waals surface area contributed by atoms with Crippen LogP contribution in [0.15, 0.2) is 36.5 Å². The molecule has 16 heteroatoms. The molecule has 318 valence electrons. The number of aromatic amines is 1. The second-order valence-electron chi connectivity index (χ2n) is 16.1. The van der Waals surface area contributed by atoms with Gasteiger partial charge in [0.25, 0.3) is 0 Å². The molecule has 5 amide bonds. The third-order valence-corrected chi connectivity index (χ3v) is 11.5. The van der Waals surface area contributed by atoms with E-state index in [1.165, 1.54) is 13.3 Å². The van der Waals surface area contributed by atoms with E-state index in [0.29, 0.717) is 18.7 Å². The maximum absolute atomic E-state index is 14.3. The zero-order chi connectivity index (χ0) is 42.4. The number of likely N-dealkylation sites (N-methyl/N-ethyl adjacent to an activating group) is 2. The molecule has 0 spiro atoms. The molecule has 1 aliphatic rings. The van der Waals surface area contributed by atoms with Gasteiger partial charge in [0, 0.05) is 34.2 Å². The molecule has 1 aliphatic heterocycles. The van der Waals surface area contributed by atoms with Crippen molar-refractivity contribution in [2.75, 3.05) is 34.9 Å². The number of hydrogen-bond acceptors (Lipinski definition) is 10. The third kappa shape index (κ3) is 12.5. The third-order valence-electron chi connectivity index (χ3n) is 11.5. The van der Waals surface area contributed by atoms with Gasteiger partial charge in [-0.2, -0.15) is 15.4 Å². The summed E-state index contributed by atoms with van der Waals surface area (Å²) in [5.74, 6) is -2.45. The number of methoxy groups -OCH3 is 2. The molecular formula is C41H67N9O7. The summed E-state index contributed by atoms with van der Waals surface area (Å²) < 4.78 is 12.0. The molecule has 0 aliphatic carbocycles. The number of rotatable bonds is 22. The summed E-state index contributed by atoms with van der Waals surface area (Å²) >= 11 is 0. The van der Waals surface area contributed by atoms with Gasteiger partial charge < -0.3 is 40.5 Å². The van der Waals surface area contributed by atoms with Crippen LogP contribution >= 0.6 is 0 Å². The van der Waals surface area contributed by atoms with E-state index in [0.717, 1.165) is 18.4 Å². The predicted molar refractivity (Wildman–Crippen MR) is 216 cm³/mol. The normalized spacial score (nSPS) is 18.2. The molecule has 57 heavy (non-hydrogen) atoms. The first kappa shape index (κ1) is 47.0. The van der Waals surface area contributed by atoms with Crippen molar-refractivity contribution in [3.8, 4) is 0 Å². The summed E-state index contributed by atoms with van der Waals surface area (Å²) in [6.07, 6.45) is 2.51. The number of benzene rings is 1. The monoisotopic (exact) mass is 798 g/mol. The van der Waals surface area contributed by atoms with Crippen LogP contribution in [-0.4, -0.2) is 132 Å². The Labute approximate surface area is 338 Å². The number of nitrogens with zero attached hydrogens (tertiary/aromatic N) is 4. The van der Waals surface area contributed by atoms with Crippen molar-refractivity contribution in [2.45, 2.75) is 129 Å². The van der Waals surface area contributed by atoms with E-state index in [9.17, 15) is 24.0 Å². The number of H-pyrrole nitrogens is 1. The van der Waals surface area contributed by atoms with Gasteiger partial charge in [-0.3, -0.25) is 24.0 Å². The van der Waals surface area contributed by atoms with Crippen molar-refractivity contribution < 1.29 is 33.4 Å². The molecule has 1 saturated heterocycles. The van der Waals surface area contributed by atoms with Gasteiger partial charge in [0.15, 0.2) is 0 Å². The van der Waals surface area contributed by atoms with Crippen LogP contribution in [-0.2, 0) is 46.4 Å². The van der Waals surface area contributed by atoms with Crippen molar-refractivity contribution in [1.82, 2.24) is 46.5 Å². The first-order valence-corrected chi connectivity index (χ1v) is 20.1. The van der Waals surface area contributed by atoms with Crippen LogP contribution in [0.25, 0.3) is 0 Å². The molecular weight excluding hydrogens is 731 g/mol. The summed E-state index contributed by atoms with van der Waals surface area (Å²) in [5.41, 5.74) is 0.542. The van der Waals surface area contributed by atoms with Crippen LogP contribution in [0.2, 0.25) is 0 Å². The number of nitrogens with one attached hydrogen (secondary N) is 5. The quantitative estimate of drug-likeness (QED) is 0.118. The molecule has 8 atom stereocenters. The van der Waals surface area contributed by atoms with Crippen LogP contribution in [0.3, 0.4) is 0 Å². The Bertz CT molecular complexity index is 1590. The Morgan fingerprint density at radius 3 is 2.26 bits per heavy atom. The maximum atomic E-state index is 14.3. The van der Waals surface area contributed by atoms with E-state index in [1.54, 1.807) is 51.8 Å². The summed E-state index contributed by atoms with van der Waals surface area (Å²) in [5, 5.41) is 22.0. The lowest BCUT2D eigenvalue weighted by molar-refractivity contribution is -0.148. The summed E-state index contributed by atoms with van der Waals surface area (Å²) in [6.45, 7) is 13.7. The second-order valence-corrected chi connectivity index (χ2v) is 16.1. The lowest BCUT2D eigenvalue weighted by Gasteiger charge is -2.41. The Morgan fingerprint density at radius 1 is 1.02 bits per heavy atom. The van der Waals surface area contributed by atoms with E-state index >= 15 is 0 Å². The molecule has 1 fully saturated rings. The van der Waals surface area contributed by atoms with Gasteiger partial charge in [0.2, 0.25) is 29.5 Å². The van der Waals surface area contributed by atoms with E-state index in [2.05, 4.69) is 36.7 Å². The molecule has 1 aromatic heterocycles. The van der Waals surface area contributed by atoms with Gasteiger partial charge in [-0.15, -0.1) is 0 Å².